The predicted molar refractivity (Wildman–Crippen MR) is 95.0 cm³/mol. The lowest BCUT2D eigenvalue weighted by Gasteiger charge is -2.32. The zero-order chi connectivity index (χ0) is 16.8. The molecule has 1 aliphatic heterocycles. The SMILES string of the molecule is O=C(CSc1nccc(=O)[nH]1)N1CCC(Cc2ccccc2)CC1. The highest BCUT2D eigenvalue weighted by molar-refractivity contribution is 7.99. The van der Waals surface area contributed by atoms with Crippen LogP contribution in [-0.4, -0.2) is 39.6 Å². The van der Waals surface area contributed by atoms with Crippen LogP contribution in [0.4, 0.5) is 0 Å². The molecule has 0 unspecified atom stereocenters. The lowest BCUT2D eigenvalue weighted by Crippen LogP contribution is -2.39. The molecule has 2 heterocycles. The van der Waals surface area contributed by atoms with Crippen LogP contribution in [-0.2, 0) is 11.2 Å². The van der Waals surface area contributed by atoms with E-state index < -0.39 is 0 Å². The number of aromatic nitrogens is 2. The first-order valence-corrected chi connectivity index (χ1v) is 9.19. The van der Waals surface area contributed by atoms with Gasteiger partial charge in [0, 0.05) is 25.4 Å². The molecule has 2 aromatic rings. The first-order valence-electron chi connectivity index (χ1n) is 8.20. The van der Waals surface area contributed by atoms with Crippen LogP contribution in [0, 0.1) is 5.92 Å². The summed E-state index contributed by atoms with van der Waals surface area (Å²) in [6.45, 7) is 1.63. The predicted octanol–water partition coefficient (Wildman–Crippen LogP) is 2.34. The van der Waals surface area contributed by atoms with Gasteiger partial charge in [-0.3, -0.25) is 9.59 Å². The third-order valence-electron chi connectivity index (χ3n) is 4.31. The number of nitrogens with zero attached hydrogens (tertiary/aromatic N) is 2. The van der Waals surface area contributed by atoms with Crippen molar-refractivity contribution < 1.29 is 4.79 Å². The molecular formula is C18H21N3O2S. The summed E-state index contributed by atoms with van der Waals surface area (Å²) in [5.41, 5.74) is 1.18. The molecule has 3 rings (SSSR count). The quantitative estimate of drug-likeness (QED) is 0.668. The maximum absolute atomic E-state index is 12.3. The van der Waals surface area contributed by atoms with Gasteiger partial charge in [-0.1, -0.05) is 42.1 Å². The lowest BCUT2D eigenvalue weighted by molar-refractivity contribution is -0.129. The molecule has 5 nitrogen and oxygen atoms in total. The highest BCUT2D eigenvalue weighted by Crippen LogP contribution is 2.22. The highest BCUT2D eigenvalue weighted by atomic mass is 32.2. The fourth-order valence-corrected chi connectivity index (χ4v) is 3.73. The molecule has 1 aromatic heterocycles. The molecule has 1 N–H and O–H groups in total. The molecule has 1 aliphatic rings. The number of amides is 1. The van der Waals surface area contributed by atoms with Crippen LogP contribution in [0.15, 0.2) is 52.5 Å². The van der Waals surface area contributed by atoms with Crippen LogP contribution in [0.2, 0.25) is 0 Å². The van der Waals surface area contributed by atoms with E-state index in [1.54, 1.807) is 0 Å². The third kappa shape index (κ3) is 4.71. The number of likely N-dealkylation sites (tertiary alicyclic amines) is 1. The molecule has 1 fully saturated rings. The number of carbonyl (C=O) groups excluding carboxylic acids is 1. The average Bonchev–Trinajstić information content (AvgIpc) is 2.61. The van der Waals surface area contributed by atoms with Gasteiger partial charge in [0.25, 0.3) is 5.56 Å². The monoisotopic (exact) mass is 343 g/mol. The Morgan fingerprint density at radius 3 is 2.67 bits per heavy atom. The Balaban J connectivity index is 1.44. The third-order valence-corrected chi connectivity index (χ3v) is 5.19. The summed E-state index contributed by atoms with van der Waals surface area (Å²) in [7, 11) is 0. The molecule has 1 aromatic carbocycles. The van der Waals surface area contributed by atoms with Crippen molar-refractivity contribution in [2.45, 2.75) is 24.4 Å². The molecule has 0 atom stereocenters. The summed E-state index contributed by atoms with van der Waals surface area (Å²) < 4.78 is 0. The molecule has 1 saturated heterocycles. The van der Waals surface area contributed by atoms with E-state index in [0.717, 1.165) is 32.4 Å². The van der Waals surface area contributed by atoms with Crippen molar-refractivity contribution in [3.8, 4) is 0 Å². The number of piperidine rings is 1. The summed E-state index contributed by atoms with van der Waals surface area (Å²) >= 11 is 1.28. The minimum Gasteiger partial charge on any atom is -0.342 e. The summed E-state index contributed by atoms with van der Waals surface area (Å²) in [5.74, 6) is 1.08. The minimum atomic E-state index is -0.193. The molecule has 6 heteroatoms. The Morgan fingerprint density at radius 1 is 1.21 bits per heavy atom. The van der Waals surface area contributed by atoms with Gasteiger partial charge in [-0.05, 0) is 30.7 Å². The van der Waals surface area contributed by atoms with Gasteiger partial charge in [0.05, 0.1) is 5.75 Å². The maximum Gasteiger partial charge on any atom is 0.251 e. The first kappa shape index (κ1) is 16.8. The largest absolute Gasteiger partial charge is 0.342 e. The van der Waals surface area contributed by atoms with Crippen LogP contribution in [0.5, 0.6) is 0 Å². The summed E-state index contributed by atoms with van der Waals surface area (Å²) in [6.07, 6.45) is 4.64. The molecule has 0 saturated carbocycles. The van der Waals surface area contributed by atoms with Crippen LogP contribution >= 0.6 is 11.8 Å². The van der Waals surface area contributed by atoms with Crippen molar-refractivity contribution in [1.82, 2.24) is 14.9 Å². The minimum absolute atomic E-state index is 0.115. The fourth-order valence-electron chi connectivity index (χ4n) is 2.98. The summed E-state index contributed by atoms with van der Waals surface area (Å²) in [6, 6.07) is 11.9. The molecule has 0 radical (unpaired) electrons. The molecule has 24 heavy (non-hydrogen) atoms. The fraction of sp³-hybridized carbons (Fsp3) is 0.389. The molecule has 126 valence electrons. The molecule has 0 spiro atoms. The number of H-pyrrole nitrogens is 1. The van der Waals surface area contributed by atoms with Gasteiger partial charge in [0.2, 0.25) is 5.91 Å². The van der Waals surface area contributed by atoms with Crippen LogP contribution in [0.25, 0.3) is 0 Å². The average molecular weight is 343 g/mol. The van der Waals surface area contributed by atoms with E-state index in [-0.39, 0.29) is 11.5 Å². The molecule has 0 bridgehead atoms. The maximum atomic E-state index is 12.3. The van der Waals surface area contributed by atoms with Crippen molar-refractivity contribution >= 4 is 17.7 Å². The number of rotatable bonds is 5. The normalized spacial score (nSPS) is 15.4. The standard InChI is InChI=1S/C18H21N3O2S/c22-16-6-9-19-18(20-16)24-13-17(23)21-10-7-15(8-11-21)12-14-4-2-1-3-5-14/h1-6,9,15H,7-8,10-13H2,(H,19,20,22). The smallest absolute Gasteiger partial charge is 0.251 e. The number of hydrogen-bond acceptors (Lipinski definition) is 4. The molecule has 0 aliphatic carbocycles. The summed E-state index contributed by atoms with van der Waals surface area (Å²) in [5, 5.41) is 0.495. The Hall–Kier alpha value is -2.08. The van der Waals surface area contributed by atoms with E-state index in [9.17, 15) is 9.59 Å². The summed E-state index contributed by atoms with van der Waals surface area (Å²) in [4.78, 5) is 32.1. The number of aromatic amines is 1. The molecular weight excluding hydrogens is 322 g/mol. The lowest BCUT2D eigenvalue weighted by atomic mass is 9.90. The second kappa shape index (κ2) is 8.15. The molecule has 1 amide bonds. The van der Waals surface area contributed by atoms with Crippen molar-refractivity contribution in [2.24, 2.45) is 5.92 Å². The van der Waals surface area contributed by atoms with Gasteiger partial charge in [0.15, 0.2) is 5.16 Å². The Labute approximate surface area is 145 Å². The van der Waals surface area contributed by atoms with Gasteiger partial charge in [-0.2, -0.15) is 0 Å². The van der Waals surface area contributed by atoms with E-state index in [0.29, 0.717) is 16.8 Å². The van der Waals surface area contributed by atoms with Gasteiger partial charge >= 0.3 is 0 Å². The first-order chi connectivity index (χ1) is 11.7. The second-order valence-electron chi connectivity index (χ2n) is 6.04. The Morgan fingerprint density at radius 2 is 1.96 bits per heavy atom. The number of benzene rings is 1. The van der Waals surface area contributed by atoms with Gasteiger partial charge in [-0.25, -0.2) is 4.98 Å². The van der Waals surface area contributed by atoms with E-state index in [1.165, 1.54) is 29.6 Å². The van der Waals surface area contributed by atoms with Gasteiger partial charge < -0.3 is 9.88 Å². The van der Waals surface area contributed by atoms with E-state index in [1.807, 2.05) is 11.0 Å². The van der Waals surface area contributed by atoms with Crippen molar-refractivity contribution in [3.05, 3.63) is 58.5 Å². The second-order valence-corrected chi connectivity index (χ2v) is 7.01. The van der Waals surface area contributed by atoms with Crippen molar-refractivity contribution in [2.75, 3.05) is 18.8 Å². The number of hydrogen-bond donors (Lipinski definition) is 1. The van der Waals surface area contributed by atoms with Gasteiger partial charge in [-0.15, -0.1) is 0 Å². The van der Waals surface area contributed by atoms with Gasteiger partial charge in [0.1, 0.15) is 0 Å². The Kier molecular flexibility index (Phi) is 5.69. The number of nitrogens with one attached hydrogen (secondary N) is 1. The number of thioether (sulfide) groups is 1. The van der Waals surface area contributed by atoms with E-state index in [4.69, 9.17) is 0 Å². The van der Waals surface area contributed by atoms with E-state index >= 15 is 0 Å². The zero-order valence-corrected chi connectivity index (χ0v) is 14.3. The van der Waals surface area contributed by atoms with Crippen LogP contribution < -0.4 is 5.56 Å². The highest BCUT2D eigenvalue weighted by Gasteiger charge is 2.23. The van der Waals surface area contributed by atoms with E-state index in [2.05, 4.69) is 34.2 Å². The van der Waals surface area contributed by atoms with Crippen LogP contribution in [0.3, 0.4) is 0 Å². The Bertz CT molecular complexity index is 724. The zero-order valence-electron chi connectivity index (χ0n) is 13.5. The van der Waals surface area contributed by atoms with Crippen LogP contribution in [0.1, 0.15) is 18.4 Å². The number of carbonyl (C=O) groups is 1. The van der Waals surface area contributed by atoms with Crippen molar-refractivity contribution in [1.29, 1.82) is 0 Å². The topological polar surface area (TPSA) is 66.1 Å². The van der Waals surface area contributed by atoms with Crippen molar-refractivity contribution in [3.63, 3.8) is 0 Å².